The molecular weight excluding hydrogens is 214 g/mol. The van der Waals surface area contributed by atoms with Crippen LogP contribution in [0.1, 0.15) is 11.1 Å². The minimum Gasteiger partial charge on any atom is -0.326 e. The Hall–Kier alpha value is -0.780. The molecule has 2 N–H and O–H groups in total. The normalized spacial score (nSPS) is 8.83. The van der Waals surface area contributed by atoms with E-state index < -0.39 is 0 Å². The molecule has 0 spiro atoms. The third-order valence-electron chi connectivity index (χ3n) is 1.53. The van der Waals surface area contributed by atoms with Gasteiger partial charge in [-0.1, -0.05) is 46.0 Å². The lowest BCUT2D eigenvalue weighted by Gasteiger charge is -1.98. The Morgan fingerprint density at radius 1 is 1.33 bits per heavy atom. The van der Waals surface area contributed by atoms with Crippen molar-refractivity contribution in [3.63, 3.8) is 0 Å². The van der Waals surface area contributed by atoms with Crippen LogP contribution in [0.2, 0.25) is 0 Å². The van der Waals surface area contributed by atoms with E-state index in [-0.39, 0.29) is 0 Å². The van der Waals surface area contributed by atoms with Gasteiger partial charge in [-0.3, -0.25) is 0 Å². The summed E-state index contributed by atoms with van der Waals surface area (Å²) in [7, 11) is 0. The highest BCUT2D eigenvalue weighted by Crippen LogP contribution is 2.05. The minimum atomic E-state index is 0.549. The van der Waals surface area contributed by atoms with Crippen LogP contribution in [0.3, 0.4) is 0 Å². The smallest absolute Gasteiger partial charge is 0.0649 e. The van der Waals surface area contributed by atoms with E-state index >= 15 is 0 Å². The highest BCUT2D eigenvalue weighted by molar-refractivity contribution is 9.09. The van der Waals surface area contributed by atoms with E-state index in [1.807, 2.05) is 24.3 Å². The molecule has 0 saturated heterocycles. The van der Waals surface area contributed by atoms with Gasteiger partial charge in [0.15, 0.2) is 0 Å². The second kappa shape index (κ2) is 4.97. The van der Waals surface area contributed by atoms with Crippen LogP contribution in [0.4, 0.5) is 0 Å². The van der Waals surface area contributed by atoms with Gasteiger partial charge in [0.2, 0.25) is 0 Å². The molecule has 0 saturated carbocycles. The van der Waals surface area contributed by atoms with Crippen LogP contribution in [0.25, 0.3) is 0 Å². The summed E-state index contributed by atoms with van der Waals surface area (Å²) < 4.78 is 0. The molecule has 0 atom stereocenters. The summed E-state index contributed by atoms with van der Waals surface area (Å²) in [4.78, 5) is 0. The highest BCUT2D eigenvalue weighted by Gasteiger charge is 1.93. The maximum atomic E-state index is 5.54. The summed E-state index contributed by atoms with van der Waals surface area (Å²) in [6.07, 6.45) is 0. The Labute approximate surface area is 81.1 Å². The van der Waals surface area contributed by atoms with Crippen molar-refractivity contribution in [2.24, 2.45) is 5.73 Å². The van der Waals surface area contributed by atoms with Crippen LogP contribution in [0.15, 0.2) is 24.3 Å². The van der Waals surface area contributed by atoms with Crippen molar-refractivity contribution in [1.82, 2.24) is 0 Å². The summed E-state index contributed by atoms with van der Waals surface area (Å²) >= 11 is 3.25. The molecule has 1 nitrogen and oxygen atoms in total. The van der Waals surface area contributed by atoms with Crippen LogP contribution in [-0.2, 0) is 6.54 Å². The molecule has 1 aromatic rings. The molecule has 0 heterocycles. The quantitative estimate of drug-likeness (QED) is 0.572. The number of alkyl halides is 1. The third kappa shape index (κ3) is 2.37. The molecule has 0 fully saturated rings. The van der Waals surface area contributed by atoms with Crippen molar-refractivity contribution in [3.05, 3.63) is 35.4 Å². The molecule has 0 aromatic heterocycles. The molecular formula is C10H10BrN. The van der Waals surface area contributed by atoms with Crippen molar-refractivity contribution >= 4 is 15.9 Å². The van der Waals surface area contributed by atoms with Crippen LogP contribution in [-0.4, -0.2) is 5.33 Å². The lowest BCUT2D eigenvalue weighted by atomic mass is 10.1. The van der Waals surface area contributed by atoms with E-state index in [2.05, 4.69) is 27.8 Å². The minimum absolute atomic E-state index is 0.549. The molecule has 1 aromatic carbocycles. The van der Waals surface area contributed by atoms with E-state index in [1.54, 1.807) is 0 Å². The predicted octanol–water partition coefficient (Wildman–Crippen LogP) is 1.89. The van der Waals surface area contributed by atoms with Crippen LogP contribution < -0.4 is 5.73 Å². The number of benzene rings is 1. The third-order valence-corrected chi connectivity index (χ3v) is 1.81. The Balaban J connectivity index is 2.97. The number of nitrogens with two attached hydrogens (primary N) is 1. The van der Waals surface area contributed by atoms with E-state index in [9.17, 15) is 0 Å². The largest absolute Gasteiger partial charge is 0.326 e. The zero-order valence-electron chi connectivity index (χ0n) is 6.68. The lowest BCUT2D eigenvalue weighted by molar-refractivity contribution is 1.06. The van der Waals surface area contributed by atoms with Gasteiger partial charge in [0.1, 0.15) is 0 Å². The predicted molar refractivity (Wildman–Crippen MR) is 55.0 cm³/mol. The van der Waals surface area contributed by atoms with Crippen molar-refractivity contribution in [2.75, 3.05) is 5.33 Å². The first-order valence-corrected chi connectivity index (χ1v) is 4.83. The Morgan fingerprint density at radius 2 is 2.08 bits per heavy atom. The summed E-state index contributed by atoms with van der Waals surface area (Å²) in [6.45, 7) is 0.549. The maximum Gasteiger partial charge on any atom is 0.0649 e. The fraction of sp³-hybridized carbons (Fsp3) is 0.200. The van der Waals surface area contributed by atoms with Gasteiger partial charge in [0.05, 0.1) is 5.33 Å². The molecule has 62 valence electrons. The summed E-state index contributed by atoms with van der Waals surface area (Å²) in [5, 5.41) is 0.700. The molecule has 0 amide bonds. The van der Waals surface area contributed by atoms with Gasteiger partial charge in [0, 0.05) is 12.1 Å². The van der Waals surface area contributed by atoms with Crippen molar-refractivity contribution < 1.29 is 0 Å². The fourth-order valence-electron chi connectivity index (χ4n) is 0.949. The summed E-state index contributed by atoms with van der Waals surface area (Å²) in [5.74, 6) is 5.99. The van der Waals surface area contributed by atoms with Crippen LogP contribution in [0, 0.1) is 11.8 Å². The lowest BCUT2D eigenvalue weighted by Crippen LogP contribution is -1.98. The SMILES string of the molecule is NCc1ccccc1C#CCBr. The van der Waals surface area contributed by atoms with Gasteiger partial charge >= 0.3 is 0 Å². The maximum absolute atomic E-state index is 5.54. The van der Waals surface area contributed by atoms with Gasteiger partial charge in [-0.05, 0) is 11.6 Å². The Morgan fingerprint density at radius 3 is 2.75 bits per heavy atom. The standard InChI is InChI=1S/C10H10BrN/c11-7-3-6-9-4-1-2-5-10(9)8-12/h1-2,4-5H,7-8,12H2. The molecule has 0 aliphatic rings. The van der Waals surface area contributed by atoms with E-state index in [4.69, 9.17) is 5.73 Å². The zero-order chi connectivity index (χ0) is 8.81. The number of rotatable bonds is 1. The summed E-state index contributed by atoms with van der Waals surface area (Å²) in [5.41, 5.74) is 7.67. The molecule has 0 unspecified atom stereocenters. The first-order valence-electron chi connectivity index (χ1n) is 3.71. The zero-order valence-corrected chi connectivity index (χ0v) is 8.26. The average molecular weight is 224 g/mol. The van der Waals surface area contributed by atoms with Gasteiger partial charge in [-0.15, -0.1) is 0 Å². The molecule has 0 bridgehead atoms. The Bertz CT molecular complexity index is 309. The van der Waals surface area contributed by atoms with Crippen LogP contribution in [0.5, 0.6) is 0 Å². The summed E-state index contributed by atoms with van der Waals surface area (Å²) in [6, 6.07) is 7.93. The number of halogens is 1. The highest BCUT2D eigenvalue weighted by atomic mass is 79.9. The topological polar surface area (TPSA) is 26.0 Å². The van der Waals surface area contributed by atoms with Gasteiger partial charge in [-0.2, -0.15) is 0 Å². The van der Waals surface area contributed by atoms with Crippen LogP contribution >= 0.6 is 15.9 Å². The van der Waals surface area contributed by atoms with E-state index in [0.29, 0.717) is 11.9 Å². The molecule has 0 radical (unpaired) electrons. The molecule has 1 rings (SSSR count). The van der Waals surface area contributed by atoms with Crippen molar-refractivity contribution in [1.29, 1.82) is 0 Å². The van der Waals surface area contributed by atoms with Crippen molar-refractivity contribution in [3.8, 4) is 11.8 Å². The number of hydrogen-bond acceptors (Lipinski definition) is 1. The second-order valence-electron chi connectivity index (χ2n) is 2.30. The van der Waals surface area contributed by atoms with Gasteiger partial charge in [0.25, 0.3) is 0 Å². The average Bonchev–Trinajstić information content (AvgIpc) is 2.15. The van der Waals surface area contributed by atoms with E-state index in [0.717, 1.165) is 11.1 Å². The Kier molecular flexibility index (Phi) is 3.86. The van der Waals surface area contributed by atoms with Crippen molar-refractivity contribution in [2.45, 2.75) is 6.54 Å². The molecule has 2 heteroatoms. The molecule has 0 aliphatic heterocycles. The molecule has 0 aliphatic carbocycles. The second-order valence-corrected chi connectivity index (χ2v) is 2.86. The van der Waals surface area contributed by atoms with Gasteiger partial charge < -0.3 is 5.73 Å². The fourth-order valence-corrected chi connectivity index (χ4v) is 1.09. The first kappa shape index (κ1) is 9.31. The van der Waals surface area contributed by atoms with Gasteiger partial charge in [-0.25, -0.2) is 0 Å². The van der Waals surface area contributed by atoms with E-state index in [1.165, 1.54) is 0 Å². The first-order chi connectivity index (χ1) is 5.88. The monoisotopic (exact) mass is 223 g/mol. The molecule has 12 heavy (non-hydrogen) atoms. The number of hydrogen-bond donors (Lipinski definition) is 1.